The van der Waals surface area contributed by atoms with Gasteiger partial charge in [0.05, 0.1) is 17.7 Å². The lowest BCUT2D eigenvalue weighted by Gasteiger charge is -2.34. The first kappa shape index (κ1) is 25.5. The van der Waals surface area contributed by atoms with Gasteiger partial charge in [-0.2, -0.15) is 4.31 Å². The fourth-order valence-electron chi connectivity index (χ4n) is 3.58. The van der Waals surface area contributed by atoms with Crippen LogP contribution in [0, 0.1) is 6.92 Å². The lowest BCUT2D eigenvalue weighted by atomic mass is 10.1. The first-order valence-electron chi connectivity index (χ1n) is 10.3. The van der Waals surface area contributed by atoms with E-state index in [1.807, 2.05) is 0 Å². The Morgan fingerprint density at radius 3 is 2.18 bits per heavy atom. The van der Waals surface area contributed by atoms with Crippen LogP contribution in [-0.4, -0.2) is 67.1 Å². The van der Waals surface area contributed by atoms with Crippen molar-refractivity contribution >= 4 is 21.9 Å². The third kappa shape index (κ3) is 6.48. The molecule has 0 aliphatic carbocycles. The molecule has 1 heterocycles. The molecule has 1 N–H and O–H groups in total. The van der Waals surface area contributed by atoms with Crippen LogP contribution in [0.1, 0.15) is 16.7 Å². The molecule has 184 valence electrons. The second-order valence-corrected chi connectivity index (χ2v) is 9.75. The average molecular weight is 500 g/mol. The van der Waals surface area contributed by atoms with Crippen LogP contribution in [-0.2, 0) is 32.5 Å². The Hall–Kier alpha value is -3.12. The van der Waals surface area contributed by atoms with Gasteiger partial charge in [0.15, 0.2) is 0 Å². The van der Waals surface area contributed by atoms with Gasteiger partial charge in [0.1, 0.15) is 5.75 Å². The molecule has 34 heavy (non-hydrogen) atoms. The quantitative estimate of drug-likeness (QED) is 0.627. The summed E-state index contributed by atoms with van der Waals surface area (Å²) in [5, 5.41) is 9.03. The minimum Gasteiger partial charge on any atom is -0.481 e. The Bertz CT molecular complexity index is 1160. The van der Waals surface area contributed by atoms with Crippen LogP contribution in [0.3, 0.4) is 0 Å². The zero-order chi connectivity index (χ0) is 25.1. The molecule has 0 bridgehead atoms. The van der Waals surface area contributed by atoms with E-state index in [0.29, 0.717) is 16.7 Å². The van der Waals surface area contributed by atoms with Gasteiger partial charge in [-0.15, -0.1) is 13.2 Å². The summed E-state index contributed by atoms with van der Waals surface area (Å²) in [6, 6.07) is 9.34. The summed E-state index contributed by atoms with van der Waals surface area (Å²) in [5.41, 5.74) is 1.59. The predicted octanol–water partition coefficient (Wildman–Crippen LogP) is 2.60. The summed E-state index contributed by atoms with van der Waals surface area (Å²) in [5.74, 6) is -1.72. The first-order chi connectivity index (χ1) is 15.8. The molecule has 0 spiro atoms. The van der Waals surface area contributed by atoms with Gasteiger partial charge >= 0.3 is 12.3 Å². The monoisotopic (exact) mass is 500 g/mol. The lowest BCUT2D eigenvalue weighted by molar-refractivity contribution is -0.274. The minimum absolute atomic E-state index is 0.00436. The number of piperazine rings is 1. The number of halogens is 3. The van der Waals surface area contributed by atoms with Crippen LogP contribution < -0.4 is 4.74 Å². The zero-order valence-electron chi connectivity index (χ0n) is 18.2. The number of benzene rings is 2. The Morgan fingerprint density at radius 2 is 1.62 bits per heavy atom. The van der Waals surface area contributed by atoms with E-state index in [9.17, 15) is 31.2 Å². The molecule has 0 saturated carbocycles. The maximum Gasteiger partial charge on any atom is 0.573 e. The van der Waals surface area contributed by atoms with E-state index in [0.717, 1.165) is 12.1 Å². The largest absolute Gasteiger partial charge is 0.573 e. The van der Waals surface area contributed by atoms with Gasteiger partial charge in [-0.25, -0.2) is 8.42 Å². The Balaban J connectivity index is 1.60. The van der Waals surface area contributed by atoms with Crippen LogP contribution in [0.4, 0.5) is 13.2 Å². The molecule has 1 aliphatic rings. The Labute approximate surface area is 194 Å². The van der Waals surface area contributed by atoms with Gasteiger partial charge in [0.25, 0.3) is 0 Å². The topological polar surface area (TPSA) is 104 Å². The predicted molar refractivity (Wildman–Crippen MR) is 115 cm³/mol. The Morgan fingerprint density at radius 1 is 1.00 bits per heavy atom. The normalized spacial score (nSPS) is 15.2. The standard InChI is InChI=1S/C22H23F3N2O6S/c1-15-2-7-19(13-17(15)14-21(29)30)34(31,32)27-10-8-26(9-11-27)20(28)12-16-3-5-18(6-4-16)33-22(23,24)25/h2-7,13H,8-12,14H2,1H3,(H,29,30). The van der Waals surface area contributed by atoms with Crippen LogP contribution >= 0.6 is 0 Å². The molecule has 1 fully saturated rings. The van der Waals surface area contributed by atoms with Crippen molar-refractivity contribution in [3.63, 3.8) is 0 Å². The van der Waals surface area contributed by atoms with E-state index in [-0.39, 0.29) is 55.6 Å². The second-order valence-electron chi connectivity index (χ2n) is 7.81. The highest BCUT2D eigenvalue weighted by atomic mass is 32.2. The molecule has 8 nitrogen and oxygen atoms in total. The molecule has 1 aliphatic heterocycles. The average Bonchev–Trinajstić information content (AvgIpc) is 2.75. The summed E-state index contributed by atoms with van der Waals surface area (Å²) in [6.07, 6.45) is -5.13. The number of rotatable bonds is 7. The van der Waals surface area contributed by atoms with Gasteiger partial charge in [-0.1, -0.05) is 18.2 Å². The number of carbonyl (C=O) groups is 2. The molecule has 12 heteroatoms. The smallest absolute Gasteiger partial charge is 0.481 e. The van der Waals surface area contributed by atoms with Gasteiger partial charge in [0.2, 0.25) is 15.9 Å². The van der Waals surface area contributed by atoms with E-state index in [2.05, 4.69) is 4.74 Å². The van der Waals surface area contributed by atoms with Crippen LogP contribution in [0.25, 0.3) is 0 Å². The number of aliphatic carboxylic acids is 1. The van der Waals surface area contributed by atoms with Crippen molar-refractivity contribution in [2.45, 2.75) is 31.0 Å². The van der Waals surface area contributed by atoms with Crippen molar-refractivity contribution < 1.29 is 41.0 Å². The minimum atomic E-state index is -4.80. The highest BCUT2D eigenvalue weighted by molar-refractivity contribution is 7.89. The summed E-state index contributed by atoms with van der Waals surface area (Å²) >= 11 is 0. The first-order valence-corrected chi connectivity index (χ1v) is 11.7. The molecule has 0 radical (unpaired) electrons. The molecule has 2 aromatic rings. The Kier molecular flexibility index (Phi) is 7.51. The third-order valence-electron chi connectivity index (χ3n) is 5.40. The lowest BCUT2D eigenvalue weighted by Crippen LogP contribution is -2.50. The number of nitrogens with zero attached hydrogens (tertiary/aromatic N) is 2. The SMILES string of the molecule is Cc1ccc(S(=O)(=O)N2CCN(C(=O)Cc3ccc(OC(F)(F)F)cc3)CC2)cc1CC(=O)O. The van der Waals surface area contributed by atoms with Crippen molar-refractivity contribution in [1.82, 2.24) is 9.21 Å². The number of sulfonamides is 1. The molecule has 1 saturated heterocycles. The molecular formula is C22H23F3N2O6S. The van der Waals surface area contributed by atoms with E-state index < -0.39 is 22.4 Å². The third-order valence-corrected chi connectivity index (χ3v) is 7.30. The van der Waals surface area contributed by atoms with E-state index in [1.54, 1.807) is 13.0 Å². The number of hydrogen-bond acceptors (Lipinski definition) is 5. The summed E-state index contributed by atoms with van der Waals surface area (Å²) in [4.78, 5) is 25.1. The molecular weight excluding hydrogens is 477 g/mol. The molecule has 1 amide bonds. The number of carboxylic acid groups (broad SMARTS) is 1. The van der Waals surface area contributed by atoms with Crippen molar-refractivity contribution in [2.75, 3.05) is 26.2 Å². The van der Waals surface area contributed by atoms with Crippen LogP contribution in [0.2, 0.25) is 0 Å². The van der Waals surface area contributed by atoms with Crippen LogP contribution in [0.5, 0.6) is 5.75 Å². The van der Waals surface area contributed by atoms with E-state index in [4.69, 9.17) is 5.11 Å². The number of alkyl halides is 3. The summed E-state index contributed by atoms with van der Waals surface area (Å²) in [6.45, 7) is 2.14. The maximum atomic E-state index is 13.0. The summed E-state index contributed by atoms with van der Waals surface area (Å²) in [7, 11) is -3.87. The fourth-order valence-corrected chi connectivity index (χ4v) is 5.06. The van der Waals surface area contributed by atoms with Gasteiger partial charge in [0, 0.05) is 26.2 Å². The van der Waals surface area contributed by atoms with Gasteiger partial charge in [-0.05, 0) is 47.9 Å². The maximum absolute atomic E-state index is 13.0. The number of hydrogen-bond donors (Lipinski definition) is 1. The molecule has 2 aromatic carbocycles. The summed E-state index contributed by atoms with van der Waals surface area (Å²) < 4.78 is 67.8. The molecule has 0 atom stereocenters. The van der Waals surface area contributed by atoms with Crippen molar-refractivity contribution in [2.24, 2.45) is 0 Å². The molecule has 3 rings (SSSR count). The van der Waals surface area contributed by atoms with Gasteiger partial charge < -0.3 is 14.7 Å². The van der Waals surface area contributed by atoms with Crippen molar-refractivity contribution in [1.29, 1.82) is 0 Å². The molecule has 0 aromatic heterocycles. The number of aryl methyl sites for hydroxylation is 1. The molecule has 0 unspecified atom stereocenters. The van der Waals surface area contributed by atoms with Crippen molar-refractivity contribution in [3.8, 4) is 5.75 Å². The van der Waals surface area contributed by atoms with Crippen LogP contribution in [0.15, 0.2) is 47.4 Å². The number of carbonyl (C=O) groups excluding carboxylic acids is 1. The fraction of sp³-hybridized carbons (Fsp3) is 0.364. The number of ether oxygens (including phenoxy) is 1. The van der Waals surface area contributed by atoms with Gasteiger partial charge in [-0.3, -0.25) is 9.59 Å². The number of carboxylic acids is 1. The highest BCUT2D eigenvalue weighted by Crippen LogP contribution is 2.24. The second kappa shape index (κ2) is 10.0. The highest BCUT2D eigenvalue weighted by Gasteiger charge is 2.32. The van der Waals surface area contributed by atoms with E-state index >= 15 is 0 Å². The van der Waals surface area contributed by atoms with E-state index in [1.165, 1.54) is 33.5 Å². The number of amides is 1. The van der Waals surface area contributed by atoms with Crippen molar-refractivity contribution in [3.05, 3.63) is 59.2 Å². The zero-order valence-corrected chi connectivity index (χ0v) is 19.0.